The summed E-state index contributed by atoms with van der Waals surface area (Å²) in [4.78, 5) is 12.2. The average Bonchev–Trinajstić information content (AvgIpc) is 2.95. The second-order valence-corrected chi connectivity index (χ2v) is 5.86. The Morgan fingerprint density at radius 3 is 2.91 bits per heavy atom. The van der Waals surface area contributed by atoms with Crippen LogP contribution in [-0.4, -0.2) is 26.7 Å². The smallest absolute Gasteiger partial charge is 0.349 e. The predicted octanol–water partition coefficient (Wildman–Crippen LogP) is 2.71. The van der Waals surface area contributed by atoms with E-state index in [0.29, 0.717) is 24.3 Å². The number of pyridine rings is 1. The third-order valence-electron chi connectivity index (χ3n) is 4.31. The zero-order valence-electron chi connectivity index (χ0n) is 12.4. The predicted molar refractivity (Wildman–Crippen MR) is 76.3 cm³/mol. The van der Waals surface area contributed by atoms with Gasteiger partial charge in [0.25, 0.3) is 0 Å². The second kappa shape index (κ2) is 6.17. The number of hydrogen-bond donors (Lipinski definition) is 1. The third kappa shape index (κ3) is 3.46. The molecule has 0 aromatic carbocycles. The van der Waals surface area contributed by atoms with Gasteiger partial charge in [0.15, 0.2) is 11.5 Å². The van der Waals surface area contributed by atoms with E-state index in [0.717, 1.165) is 0 Å². The van der Waals surface area contributed by atoms with Crippen molar-refractivity contribution in [2.45, 2.75) is 38.4 Å². The van der Waals surface area contributed by atoms with Crippen molar-refractivity contribution in [2.75, 3.05) is 0 Å². The molecule has 0 bridgehead atoms. The fourth-order valence-corrected chi connectivity index (χ4v) is 3.05. The average molecular weight is 326 g/mol. The van der Waals surface area contributed by atoms with E-state index in [4.69, 9.17) is 0 Å². The molecule has 1 fully saturated rings. The molecule has 1 saturated carbocycles. The molecule has 8 heteroatoms. The number of alkyl halides is 3. The molecular weight excluding hydrogens is 309 g/mol. The normalized spacial score (nSPS) is 22.2. The van der Waals surface area contributed by atoms with Gasteiger partial charge in [-0.2, -0.15) is 13.2 Å². The van der Waals surface area contributed by atoms with Gasteiger partial charge in [0.2, 0.25) is 5.91 Å². The van der Waals surface area contributed by atoms with E-state index >= 15 is 0 Å². The van der Waals surface area contributed by atoms with Crippen molar-refractivity contribution in [1.29, 1.82) is 0 Å². The fraction of sp³-hybridized carbons (Fsp3) is 0.533. The highest BCUT2D eigenvalue weighted by Crippen LogP contribution is 2.39. The minimum atomic E-state index is -4.22. The lowest BCUT2D eigenvalue weighted by atomic mass is 9.80. The van der Waals surface area contributed by atoms with E-state index in [9.17, 15) is 18.0 Å². The zero-order chi connectivity index (χ0) is 16.4. The lowest BCUT2D eigenvalue weighted by Crippen LogP contribution is -2.37. The first-order chi connectivity index (χ1) is 10.9. The van der Waals surface area contributed by atoms with Crippen molar-refractivity contribution < 1.29 is 18.0 Å². The second-order valence-electron chi connectivity index (χ2n) is 5.86. The van der Waals surface area contributed by atoms with E-state index in [2.05, 4.69) is 15.5 Å². The van der Waals surface area contributed by atoms with Gasteiger partial charge >= 0.3 is 6.18 Å². The highest BCUT2D eigenvalue weighted by Gasteiger charge is 2.43. The lowest BCUT2D eigenvalue weighted by molar-refractivity contribution is -0.186. The Morgan fingerprint density at radius 1 is 1.30 bits per heavy atom. The van der Waals surface area contributed by atoms with E-state index in [1.165, 1.54) is 0 Å². The summed E-state index contributed by atoms with van der Waals surface area (Å²) < 4.78 is 40.2. The molecule has 3 rings (SSSR count). The maximum Gasteiger partial charge on any atom is 0.391 e. The van der Waals surface area contributed by atoms with Crippen LogP contribution in [0.15, 0.2) is 24.4 Å². The molecule has 1 amide bonds. The molecule has 2 atom stereocenters. The summed E-state index contributed by atoms with van der Waals surface area (Å²) in [5.74, 6) is -1.75. The molecular formula is C15H17F3N4O. The molecule has 2 aromatic rings. The van der Waals surface area contributed by atoms with Crippen LogP contribution in [0.1, 0.15) is 31.5 Å². The van der Waals surface area contributed by atoms with E-state index in [1.807, 2.05) is 12.1 Å². The largest absolute Gasteiger partial charge is 0.391 e. The van der Waals surface area contributed by atoms with Gasteiger partial charge in [-0.3, -0.25) is 9.20 Å². The Morgan fingerprint density at radius 2 is 2.13 bits per heavy atom. The number of carbonyl (C=O) groups excluding carboxylic acids is 1. The summed E-state index contributed by atoms with van der Waals surface area (Å²) in [6.45, 7) is 0.150. The number of hydrogen-bond acceptors (Lipinski definition) is 3. The summed E-state index contributed by atoms with van der Waals surface area (Å²) in [6, 6.07) is 5.43. The summed E-state index contributed by atoms with van der Waals surface area (Å²) in [5.41, 5.74) is 0.659. The highest BCUT2D eigenvalue weighted by atomic mass is 19.4. The molecule has 0 unspecified atom stereocenters. The van der Waals surface area contributed by atoms with Gasteiger partial charge in [-0.05, 0) is 31.4 Å². The maximum absolute atomic E-state index is 12.8. The Hall–Kier alpha value is -2.12. The molecule has 23 heavy (non-hydrogen) atoms. The van der Waals surface area contributed by atoms with Gasteiger partial charge in [0.1, 0.15) is 0 Å². The number of amides is 1. The number of halogens is 3. The van der Waals surface area contributed by atoms with Gasteiger partial charge in [-0.1, -0.05) is 12.5 Å². The van der Waals surface area contributed by atoms with E-state index in [1.54, 1.807) is 16.7 Å². The third-order valence-corrected chi connectivity index (χ3v) is 4.31. The quantitative estimate of drug-likeness (QED) is 0.943. The summed E-state index contributed by atoms with van der Waals surface area (Å²) >= 11 is 0. The minimum absolute atomic E-state index is 0.113. The molecule has 124 valence electrons. The molecule has 0 radical (unpaired) electrons. The van der Waals surface area contributed by atoms with Gasteiger partial charge < -0.3 is 5.32 Å². The first-order valence-electron chi connectivity index (χ1n) is 7.58. The van der Waals surface area contributed by atoms with Crippen molar-refractivity contribution in [2.24, 2.45) is 11.8 Å². The van der Waals surface area contributed by atoms with Gasteiger partial charge in [0, 0.05) is 12.1 Å². The summed E-state index contributed by atoms with van der Waals surface area (Å²) in [6.07, 6.45) is -1.54. The van der Waals surface area contributed by atoms with Crippen molar-refractivity contribution in [3.8, 4) is 0 Å². The van der Waals surface area contributed by atoms with E-state index < -0.39 is 18.0 Å². The lowest BCUT2D eigenvalue weighted by Gasteiger charge is -2.29. The monoisotopic (exact) mass is 326 g/mol. The molecule has 1 N–H and O–H groups in total. The van der Waals surface area contributed by atoms with Crippen LogP contribution >= 0.6 is 0 Å². The van der Waals surface area contributed by atoms with Crippen LogP contribution < -0.4 is 5.32 Å². The first-order valence-corrected chi connectivity index (χ1v) is 7.58. The van der Waals surface area contributed by atoms with Gasteiger partial charge in [-0.15, -0.1) is 10.2 Å². The molecule has 0 saturated heterocycles. The van der Waals surface area contributed by atoms with Crippen molar-refractivity contribution in [1.82, 2.24) is 19.9 Å². The number of nitrogens with zero attached hydrogens (tertiary/aromatic N) is 3. The topological polar surface area (TPSA) is 59.3 Å². The van der Waals surface area contributed by atoms with Crippen LogP contribution in [0.25, 0.3) is 5.65 Å². The molecule has 2 heterocycles. The molecule has 1 aliphatic carbocycles. The Kier molecular flexibility index (Phi) is 4.23. The SMILES string of the molecule is O=C(NCc1nnc2ccccn12)[C@@H]1CCC[C@@H](C(F)(F)F)C1. The summed E-state index contributed by atoms with van der Waals surface area (Å²) in [5, 5.41) is 10.6. The van der Waals surface area contributed by atoms with Crippen LogP contribution in [-0.2, 0) is 11.3 Å². The van der Waals surface area contributed by atoms with Crippen molar-refractivity contribution in [3.05, 3.63) is 30.2 Å². The molecule has 0 aliphatic heterocycles. The number of fused-ring (bicyclic) bond motifs is 1. The standard InChI is InChI=1S/C15H17F3N4O/c16-15(17,18)11-5-3-4-10(8-11)14(23)19-9-13-21-20-12-6-1-2-7-22(12)13/h1-2,6-7,10-11H,3-5,8-9H2,(H,19,23)/t10-,11-/m1/s1. The first kappa shape index (κ1) is 15.8. The van der Waals surface area contributed by atoms with Gasteiger partial charge in [-0.25, -0.2) is 0 Å². The maximum atomic E-state index is 12.8. The summed E-state index contributed by atoms with van der Waals surface area (Å²) in [7, 11) is 0. The van der Waals surface area contributed by atoms with Crippen LogP contribution in [0, 0.1) is 11.8 Å². The molecule has 0 spiro atoms. The molecule has 2 aromatic heterocycles. The minimum Gasteiger partial charge on any atom is -0.349 e. The van der Waals surface area contributed by atoms with Crippen LogP contribution in [0.2, 0.25) is 0 Å². The molecule has 5 nitrogen and oxygen atoms in total. The Balaban J connectivity index is 1.61. The van der Waals surface area contributed by atoms with Gasteiger partial charge in [0.05, 0.1) is 12.5 Å². The number of aromatic nitrogens is 3. The van der Waals surface area contributed by atoms with Crippen LogP contribution in [0.5, 0.6) is 0 Å². The number of rotatable bonds is 3. The van der Waals surface area contributed by atoms with E-state index in [-0.39, 0.29) is 25.3 Å². The number of carbonyl (C=O) groups is 1. The molecule has 1 aliphatic rings. The zero-order valence-corrected chi connectivity index (χ0v) is 12.4. The van der Waals surface area contributed by atoms with Crippen molar-refractivity contribution >= 4 is 11.6 Å². The fourth-order valence-electron chi connectivity index (χ4n) is 3.05. The van der Waals surface area contributed by atoms with Crippen LogP contribution in [0.4, 0.5) is 13.2 Å². The highest BCUT2D eigenvalue weighted by molar-refractivity contribution is 5.78. The Labute approximate surface area is 130 Å². The van der Waals surface area contributed by atoms with Crippen LogP contribution in [0.3, 0.4) is 0 Å². The Bertz CT molecular complexity index is 697. The van der Waals surface area contributed by atoms with Crippen molar-refractivity contribution in [3.63, 3.8) is 0 Å². The number of nitrogens with one attached hydrogen (secondary N) is 1.